The zero-order valence-electron chi connectivity index (χ0n) is 8.95. The molecule has 0 aliphatic heterocycles. The van der Waals surface area contributed by atoms with Crippen molar-refractivity contribution in [2.45, 2.75) is 0 Å². The molecule has 0 spiro atoms. The lowest BCUT2D eigenvalue weighted by molar-refractivity contribution is -0.385. The minimum atomic E-state index is -1.34. The van der Waals surface area contributed by atoms with E-state index in [2.05, 4.69) is 4.98 Å². The van der Waals surface area contributed by atoms with Gasteiger partial charge in [0.25, 0.3) is 5.69 Å². The molecule has 0 atom stereocenters. The number of carbonyl (C=O) groups is 1. The highest BCUT2D eigenvalue weighted by Crippen LogP contribution is 2.20. The molecule has 8 nitrogen and oxygen atoms in total. The summed E-state index contributed by atoms with van der Waals surface area (Å²) in [5.41, 5.74) is -0.753. The largest absolute Gasteiger partial charge is 0.477 e. The maximum atomic E-state index is 10.9. The summed E-state index contributed by atoms with van der Waals surface area (Å²) in [6.07, 6.45) is 0.939. The first-order valence-corrected chi connectivity index (χ1v) is 4.55. The molecule has 0 fully saturated rings. The highest BCUT2D eigenvalue weighted by molar-refractivity contribution is 5.90. The molecule has 0 aliphatic carbocycles. The zero-order valence-corrected chi connectivity index (χ0v) is 8.95. The number of aromatic nitrogens is 1. The molecule has 1 aromatic rings. The number of methoxy groups -OCH3 is 1. The topological polar surface area (TPSA) is 112 Å². The average Bonchev–Trinajstić information content (AvgIpc) is 2.29. The number of hydrogen-bond donors (Lipinski definition) is 1. The number of aromatic carboxylic acids is 1. The van der Waals surface area contributed by atoms with Crippen LogP contribution in [0.2, 0.25) is 0 Å². The first-order chi connectivity index (χ1) is 8.06. The van der Waals surface area contributed by atoms with Crippen molar-refractivity contribution in [1.82, 2.24) is 4.98 Å². The smallest absolute Gasteiger partial charge is 0.341 e. The molecule has 8 heteroatoms. The second-order valence-corrected chi connectivity index (χ2v) is 2.95. The van der Waals surface area contributed by atoms with E-state index in [0.717, 1.165) is 12.3 Å². The Kier molecular flexibility index (Phi) is 4.35. The number of nitrogens with zero attached hydrogens (tertiary/aromatic N) is 2. The number of rotatable bonds is 6. The number of ether oxygens (including phenoxy) is 2. The van der Waals surface area contributed by atoms with Gasteiger partial charge in [0.05, 0.1) is 11.5 Å². The van der Waals surface area contributed by atoms with Crippen LogP contribution in [0.1, 0.15) is 10.4 Å². The lowest BCUT2D eigenvalue weighted by Crippen LogP contribution is -2.10. The van der Waals surface area contributed by atoms with Gasteiger partial charge in [-0.3, -0.25) is 10.1 Å². The summed E-state index contributed by atoms with van der Waals surface area (Å²) in [6.45, 7) is 0.374. The third-order valence-electron chi connectivity index (χ3n) is 1.80. The number of pyridine rings is 1. The second-order valence-electron chi connectivity index (χ2n) is 2.95. The van der Waals surface area contributed by atoms with E-state index >= 15 is 0 Å². The van der Waals surface area contributed by atoms with Gasteiger partial charge in [0.15, 0.2) is 0 Å². The maximum Gasteiger partial charge on any atom is 0.341 e. The van der Waals surface area contributed by atoms with E-state index in [9.17, 15) is 14.9 Å². The predicted octanol–water partition coefficient (Wildman–Crippen LogP) is 0.713. The van der Waals surface area contributed by atoms with Crippen molar-refractivity contribution in [3.63, 3.8) is 0 Å². The van der Waals surface area contributed by atoms with Gasteiger partial charge < -0.3 is 14.6 Å². The molecule has 0 unspecified atom stereocenters. The molecular formula is C9H10N2O6. The van der Waals surface area contributed by atoms with Crippen LogP contribution < -0.4 is 4.74 Å². The van der Waals surface area contributed by atoms with Gasteiger partial charge in [-0.05, 0) is 0 Å². The zero-order chi connectivity index (χ0) is 12.8. The molecule has 92 valence electrons. The quantitative estimate of drug-likeness (QED) is 0.444. The fraction of sp³-hybridized carbons (Fsp3) is 0.333. The summed E-state index contributed by atoms with van der Waals surface area (Å²) >= 11 is 0. The summed E-state index contributed by atoms with van der Waals surface area (Å²) in [4.78, 5) is 24.2. The van der Waals surface area contributed by atoms with Crippen molar-refractivity contribution < 1.29 is 24.3 Å². The SMILES string of the molecule is COCCOc1ncc([N+](=O)[O-])cc1C(=O)O. The summed E-state index contributed by atoms with van der Waals surface area (Å²) < 4.78 is 9.75. The highest BCUT2D eigenvalue weighted by Gasteiger charge is 2.18. The first kappa shape index (κ1) is 12.8. The van der Waals surface area contributed by atoms with Gasteiger partial charge in [-0.15, -0.1) is 0 Å². The number of hydrogen-bond acceptors (Lipinski definition) is 6. The Bertz CT molecular complexity index is 433. The Hall–Kier alpha value is -2.22. The van der Waals surface area contributed by atoms with Crippen LogP contribution in [0.3, 0.4) is 0 Å². The van der Waals surface area contributed by atoms with Crippen LogP contribution in [-0.4, -0.2) is 41.3 Å². The molecule has 1 N–H and O–H groups in total. The minimum absolute atomic E-state index is 0.113. The molecule has 0 amide bonds. The Morgan fingerprint density at radius 3 is 2.82 bits per heavy atom. The van der Waals surface area contributed by atoms with Gasteiger partial charge >= 0.3 is 5.97 Å². The lowest BCUT2D eigenvalue weighted by Gasteiger charge is -2.06. The summed E-state index contributed by atoms with van der Waals surface area (Å²) in [7, 11) is 1.46. The average molecular weight is 242 g/mol. The predicted molar refractivity (Wildman–Crippen MR) is 55.2 cm³/mol. The van der Waals surface area contributed by atoms with Crippen LogP contribution in [0.15, 0.2) is 12.3 Å². The van der Waals surface area contributed by atoms with Gasteiger partial charge in [0.2, 0.25) is 5.88 Å². The van der Waals surface area contributed by atoms with Crippen molar-refractivity contribution in [3.8, 4) is 5.88 Å². The van der Waals surface area contributed by atoms with E-state index in [1.807, 2.05) is 0 Å². The van der Waals surface area contributed by atoms with E-state index in [0.29, 0.717) is 0 Å². The summed E-state index contributed by atoms with van der Waals surface area (Å²) in [6, 6.07) is 0.900. The Morgan fingerprint density at radius 1 is 1.59 bits per heavy atom. The molecule has 1 heterocycles. The monoisotopic (exact) mass is 242 g/mol. The van der Waals surface area contributed by atoms with Crippen molar-refractivity contribution in [2.24, 2.45) is 0 Å². The van der Waals surface area contributed by atoms with Crippen molar-refractivity contribution in [2.75, 3.05) is 20.3 Å². The molecule has 0 aliphatic rings. The van der Waals surface area contributed by atoms with Crippen LogP contribution in [0.25, 0.3) is 0 Å². The van der Waals surface area contributed by atoms with Crippen LogP contribution in [-0.2, 0) is 4.74 Å². The number of carboxylic acid groups (broad SMARTS) is 1. The first-order valence-electron chi connectivity index (χ1n) is 4.55. The van der Waals surface area contributed by atoms with E-state index in [4.69, 9.17) is 14.6 Å². The molecule has 0 bridgehead atoms. The van der Waals surface area contributed by atoms with Gasteiger partial charge in [-0.2, -0.15) is 0 Å². The Morgan fingerprint density at radius 2 is 2.29 bits per heavy atom. The second kappa shape index (κ2) is 5.75. The van der Waals surface area contributed by atoms with Crippen LogP contribution in [0.5, 0.6) is 5.88 Å². The maximum absolute atomic E-state index is 10.9. The highest BCUT2D eigenvalue weighted by atomic mass is 16.6. The minimum Gasteiger partial charge on any atom is -0.477 e. The fourth-order valence-corrected chi connectivity index (χ4v) is 1.03. The molecule has 0 radical (unpaired) electrons. The van der Waals surface area contributed by atoms with Gasteiger partial charge in [-0.1, -0.05) is 0 Å². The standard InChI is InChI=1S/C9H10N2O6/c1-16-2-3-17-8-7(9(12)13)4-6(5-10-8)11(14)15/h4-5H,2-3H2,1H3,(H,12,13). The molecule has 1 rings (SSSR count). The van der Waals surface area contributed by atoms with Crippen LogP contribution in [0, 0.1) is 10.1 Å². The van der Waals surface area contributed by atoms with Crippen LogP contribution in [0.4, 0.5) is 5.69 Å². The van der Waals surface area contributed by atoms with E-state index in [1.165, 1.54) is 7.11 Å². The Balaban J connectivity index is 2.96. The van der Waals surface area contributed by atoms with Gasteiger partial charge in [0, 0.05) is 13.2 Å². The third-order valence-corrected chi connectivity index (χ3v) is 1.80. The van der Waals surface area contributed by atoms with E-state index in [-0.39, 0.29) is 24.7 Å². The van der Waals surface area contributed by atoms with Crippen molar-refractivity contribution in [3.05, 3.63) is 27.9 Å². The molecule has 0 aromatic carbocycles. The van der Waals surface area contributed by atoms with E-state index < -0.39 is 16.6 Å². The third kappa shape index (κ3) is 3.38. The molecule has 0 saturated heterocycles. The Labute approximate surface area is 95.9 Å². The molecule has 17 heavy (non-hydrogen) atoms. The van der Waals surface area contributed by atoms with Gasteiger partial charge in [-0.25, -0.2) is 9.78 Å². The molecule has 0 saturated carbocycles. The van der Waals surface area contributed by atoms with Crippen molar-refractivity contribution in [1.29, 1.82) is 0 Å². The summed E-state index contributed by atoms with van der Waals surface area (Å²) in [5, 5.41) is 19.3. The van der Waals surface area contributed by atoms with Gasteiger partial charge in [0.1, 0.15) is 18.4 Å². The fourth-order valence-electron chi connectivity index (χ4n) is 1.03. The molecular weight excluding hydrogens is 232 g/mol. The van der Waals surface area contributed by atoms with Crippen molar-refractivity contribution >= 4 is 11.7 Å². The normalized spacial score (nSPS) is 9.94. The lowest BCUT2D eigenvalue weighted by atomic mass is 10.2. The van der Waals surface area contributed by atoms with E-state index in [1.54, 1.807) is 0 Å². The number of nitro groups is 1. The number of carboxylic acids is 1. The molecule has 1 aromatic heterocycles. The summed E-state index contributed by atoms with van der Waals surface area (Å²) in [5.74, 6) is -1.51. The van der Waals surface area contributed by atoms with Crippen LogP contribution >= 0.6 is 0 Å².